The fourth-order valence-electron chi connectivity index (χ4n) is 1.37. The molecule has 1 aromatic rings. The second-order valence-electron chi connectivity index (χ2n) is 3.43. The van der Waals surface area contributed by atoms with Crippen molar-refractivity contribution < 1.29 is 9.68 Å². The minimum Gasteiger partial charge on any atom is -0.423 e. The van der Waals surface area contributed by atoms with Crippen LogP contribution in [0.1, 0.15) is 25.3 Å². The van der Waals surface area contributed by atoms with Crippen molar-refractivity contribution >= 4 is 12.6 Å². The molecule has 0 amide bonds. The first-order valence-electron chi connectivity index (χ1n) is 5.07. The summed E-state index contributed by atoms with van der Waals surface area (Å²) in [6, 6.07) is 7.93. The molecule has 3 heteroatoms. The van der Waals surface area contributed by atoms with E-state index < -0.39 is 7.12 Å². The lowest BCUT2D eigenvalue weighted by molar-refractivity contribution is 0.341. The first-order valence-corrected chi connectivity index (χ1v) is 5.07. The van der Waals surface area contributed by atoms with Crippen molar-refractivity contribution in [1.29, 1.82) is 0 Å². The van der Waals surface area contributed by atoms with E-state index in [0.717, 1.165) is 11.9 Å². The number of benzene rings is 1. The standard InChI is InChI=1S/C11H17BO2/c1-3-4-5-10-6-8-11(9-7-10)12(13)14-2/h6-9,13H,3-5H2,1-2H3. The average molecular weight is 192 g/mol. The SMILES string of the molecule is CCCCc1ccc(B(O)OC)cc1. The molecule has 1 N–H and O–H groups in total. The van der Waals surface area contributed by atoms with Gasteiger partial charge in [-0.15, -0.1) is 0 Å². The smallest absolute Gasteiger partial charge is 0.423 e. The van der Waals surface area contributed by atoms with Crippen LogP contribution in [0.15, 0.2) is 24.3 Å². The van der Waals surface area contributed by atoms with E-state index in [9.17, 15) is 5.02 Å². The number of hydrogen-bond acceptors (Lipinski definition) is 2. The zero-order valence-electron chi connectivity index (χ0n) is 8.86. The van der Waals surface area contributed by atoms with E-state index in [4.69, 9.17) is 4.65 Å². The van der Waals surface area contributed by atoms with Crippen molar-refractivity contribution in [3.8, 4) is 0 Å². The Kier molecular flexibility index (Phi) is 4.70. The lowest BCUT2D eigenvalue weighted by Crippen LogP contribution is -2.32. The molecular formula is C11H17BO2. The van der Waals surface area contributed by atoms with Gasteiger partial charge in [-0.25, -0.2) is 0 Å². The molecule has 2 nitrogen and oxygen atoms in total. The zero-order valence-corrected chi connectivity index (χ0v) is 8.86. The van der Waals surface area contributed by atoms with Crippen LogP contribution in [0.25, 0.3) is 0 Å². The van der Waals surface area contributed by atoms with Crippen LogP contribution in [0, 0.1) is 0 Å². The Morgan fingerprint density at radius 2 is 1.93 bits per heavy atom. The van der Waals surface area contributed by atoms with E-state index in [2.05, 4.69) is 6.92 Å². The molecule has 0 fully saturated rings. The number of rotatable bonds is 5. The monoisotopic (exact) mass is 192 g/mol. The highest BCUT2D eigenvalue weighted by Gasteiger charge is 2.12. The summed E-state index contributed by atoms with van der Waals surface area (Å²) in [5.74, 6) is 0. The molecule has 1 aromatic carbocycles. The first kappa shape index (κ1) is 11.3. The zero-order chi connectivity index (χ0) is 10.4. The summed E-state index contributed by atoms with van der Waals surface area (Å²) in [6.07, 6.45) is 3.54. The number of aryl methyl sites for hydroxylation is 1. The molecule has 0 aromatic heterocycles. The average Bonchev–Trinajstić information content (AvgIpc) is 2.26. The van der Waals surface area contributed by atoms with Gasteiger partial charge >= 0.3 is 7.12 Å². The number of hydrogen-bond donors (Lipinski definition) is 1. The van der Waals surface area contributed by atoms with E-state index in [1.54, 1.807) is 0 Å². The topological polar surface area (TPSA) is 29.5 Å². The van der Waals surface area contributed by atoms with E-state index in [-0.39, 0.29) is 0 Å². The molecule has 0 unspecified atom stereocenters. The molecular weight excluding hydrogens is 175 g/mol. The van der Waals surface area contributed by atoms with Gasteiger partial charge in [0, 0.05) is 7.11 Å². The Labute approximate surface area is 86.1 Å². The molecule has 1 rings (SSSR count). The van der Waals surface area contributed by atoms with Crippen molar-refractivity contribution in [2.75, 3.05) is 7.11 Å². The number of unbranched alkanes of at least 4 members (excludes halogenated alkanes) is 1. The maximum absolute atomic E-state index is 9.37. The van der Waals surface area contributed by atoms with E-state index in [1.807, 2.05) is 24.3 Å². The fraction of sp³-hybridized carbons (Fsp3) is 0.455. The molecule has 0 bridgehead atoms. The Morgan fingerprint density at radius 3 is 2.43 bits per heavy atom. The summed E-state index contributed by atoms with van der Waals surface area (Å²) in [5.41, 5.74) is 2.13. The summed E-state index contributed by atoms with van der Waals surface area (Å²) < 4.78 is 4.81. The third kappa shape index (κ3) is 3.16. The summed E-state index contributed by atoms with van der Waals surface area (Å²) in [5, 5.41) is 9.37. The summed E-state index contributed by atoms with van der Waals surface area (Å²) in [7, 11) is 0.700. The molecule has 0 heterocycles. The van der Waals surface area contributed by atoms with Crippen molar-refractivity contribution in [2.24, 2.45) is 0 Å². The third-order valence-electron chi connectivity index (χ3n) is 2.31. The Hall–Kier alpha value is -0.795. The van der Waals surface area contributed by atoms with Gasteiger partial charge in [-0.1, -0.05) is 37.6 Å². The van der Waals surface area contributed by atoms with Crippen LogP contribution in [-0.2, 0) is 11.1 Å². The molecule has 0 atom stereocenters. The quantitative estimate of drug-likeness (QED) is 0.713. The van der Waals surface area contributed by atoms with Crippen LogP contribution < -0.4 is 5.46 Å². The van der Waals surface area contributed by atoms with Gasteiger partial charge in [0.15, 0.2) is 0 Å². The Bertz CT molecular complexity index is 258. The molecule has 0 spiro atoms. The maximum atomic E-state index is 9.37. The van der Waals surface area contributed by atoms with Crippen LogP contribution in [0.4, 0.5) is 0 Å². The molecule has 0 aliphatic carbocycles. The van der Waals surface area contributed by atoms with Gasteiger partial charge in [0.2, 0.25) is 0 Å². The van der Waals surface area contributed by atoms with Gasteiger partial charge in [0.1, 0.15) is 0 Å². The third-order valence-corrected chi connectivity index (χ3v) is 2.31. The second kappa shape index (κ2) is 5.84. The molecule has 14 heavy (non-hydrogen) atoms. The van der Waals surface area contributed by atoms with E-state index >= 15 is 0 Å². The van der Waals surface area contributed by atoms with E-state index in [1.165, 1.54) is 25.5 Å². The van der Waals surface area contributed by atoms with Crippen molar-refractivity contribution in [3.63, 3.8) is 0 Å². The Morgan fingerprint density at radius 1 is 1.29 bits per heavy atom. The van der Waals surface area contributed by atoms with Gasteiger partial charge in [-0.2, -0.15) is 0 Å². The van der Waals surface area contributed by atoms with Crippen LogP contribution in [0.2, 0.25) is 0 Å². The van der Waals surface area contributed by atoms with Crippen LogP contribution in [-0.4, -0.2) is 19.3 Å². The van der Waals surface area contributed by atoms with Crippen LogP contribution >= 0.6 is 0 Å². The molecule has 0 radical (unpaired) electrons. The van der Waals surface area contributed by atoms with Crippen molar-refractivity contribution in [2.45, 2.75) is 26.2 Å². The molecule has 0 saturated heterocycles. The van der Waals surface area contributed by atoms with Gasteiger partial charge in [0.25, 0.3) is 0 Å². The lowest BCUT2D eigenvalue weighted by atomic mass is 9.79. The first-order chi connectivity index (χ1) is 6.77. The van der Waals surface area contributed by atoms with Crippen molar-refractivity contribution in [3.05, 3.63) is 29.8 Å². The van der Waals surface area contributed by atoms with Gasteiger partial charge in [0.05, 0.1) is 0 Å². The molecule has 76 valence electrons. The van der Waals surface area contributed by atoms with Gasteiger partial charge in [-0.3, -0.25) is 0 Å². The predicted octanol–water partition coefficient (Wildman–Crippen LogP) is 1.36. The fourth-order valence-corrected chi connectivity index (χ4v) is 1.37. The molecule has 0 saturated carbocycles. The van der Waals surface area contributed by atoms with Crippen LogP contribution in [0.3, 0.4) is 0 Å². The van der Waals surface area contributed by atoms with E-state index in [0.29, 0.717) is 0 Å². The highest BCUT2D eigenvalue weighted by atomic mass is 16.5. The van der Waals surface area contributed by atoms with Gasteiger partial charge in [-0.05, 0) is 23.9 Å². The lowest BCUT2D eigenvalue weighted by Gasteiger charge is -2.05. The Balaban J connectivity index is 2.59. The van der Waals surface area contributed by atoms with Crippen LogP contribution in [0.5, 0.6) is 0 Å². The molecule has 0 aliphatic heterocycles. The molecule has 0 aliphatic rings. The minimum absolute atomic E-state index is 0.796. The minimum atomic E-state index is -0.796. The highest BCUT2D eigenvalue weighted by Crippen LogP contribution is 2.03. The van der Waals surface area contributed by atoms with Crippen molar-refractivity contribution in [1.82, 2.24) is 0 Å². The summed E-state index contributed by atoms with van der Waals surface area (Å²) in [6.45, 7) is 2.18. The highest BCUT2D eigenvalue weighted by molar-refractivity contribution is 6.59. The maximum Gasteiger partial charge on any atom is 0.490 e. The normalized spacial score (nSPS) is 10.2. The summed E-state index contributed by atoms with van der Waals surface area (Å²) >= 11 is 0. The largest absolute Gasteiger partial charge is 0.490 e. The predicted molar refractivity (Wildman–Crippen MR) is 59.7 cm³/mol. The van der Waals surface area contributed by atoms with Gasteiger partial charge < -0.3 is 9.68 Å². The second-order valence-corrected chi connectivity index (χ2v) is 3.43. The summed E-state index contributed by atoms with van der Waals surface area (Å²) in [4.78, 5) is 0.